The van der Waals surface area contributed by atoms with Crippen LogP contribution in [0.1, 0.15) is 89.7 Å². The fourth-order valence-corrected chi connectivity index (χ4v) is 3.85. The molecule has 0 aliphatic carbocycles. The molecule has 0 saturated heterocycles. The van der Waals surface area contributed by atoms with E-state index in [2.05, 4.69) is 32.0 Å². The Morgan fingerprint density at radius 2 is 1.56 bits per heavy atom. The van der Waals surface area contributed by atoms with Crippen molar-refractivity contribution in [1.82, 2.24) is 0 Å². The maximum atomic E-state index is 11.5. The van der Waals surface area contributed by atoms with E-state index in [1.165, 1.54) is 44.1 Å². The molecule has 1 aromatic rings. The number of hydrogen-bond acceptors (Lipinski definition) is 3. The third-order valence-corrected chi connectivity index (χ3v) is 6.36. The minimum absolute atomic E-state index is 0.00339. The molecule has 0 saturated carbocycles. The van der Waals surface area contributed by atoms with Gasteiger partial charge in [0.15, 0.2) is 0 Å². The summed E-state index contributed by atoms with van der Waals surface area (Å²) in [6.07, 6.45) is 11.9. The van der Waals surface area contributed by atoms with Crippen LogP contribution < -0.4 is 4.74 Å². The van der Waals surface area contributed by atoms with E-state index in [1.807, 2.05) is 0 Å². The summed E-state index contributed by atoms with van der Waals surface area (Å²) in [5.74, 6) is 0.779. The second-order valence-corrected chi connectivity index (χ2v) is 9.12. The molecule has 0 bridgehead atoms. The highest BCUT2D eigenvalue weighted by Crippen LogP contribution is 2.25. The summed E-state index contributed by atoms with van der Waals surface area (Å²) in [4.78, 5) is 0. The molecule has 5 heteroatoms. The van der Waals surface area contributed by atoms with Crippen molar-refractivity contribution in [2.24, 2.45) is 0 Å². The smallest absolute Gasteiger partial charge is 0.271 e. The Morgan fingerprint density at radius 1 is 0.926 bits per heavy atom. The highest BCUT2D eigenvalue weighted by molar-refractivity contribution is 7.86. The van der Waals surface area contributed by atoms with Gasteiger partial charge in [0.05, 0.1) is 0 Å². The molecule has 0 fully saturated rings. The van der Waals surface area contributed by atoms with Gasteiger partial charge in [-0.2, -0.15) is 8.42 Å². The quantitative estimate of drug-likeness (QED) is 0.292. The molecule has 0 aliphatic rings. The molecule has 0 heterocycles. The zero-order chi connectivity index (χ0) is 20.1. The lowest BCUT2D eigenvalue weighted by molar-refractivity contribution is 0.299. The normalized spacial score (nSPS) is 12.9. The fraction of sp³-hybridized carbons (Fsp3) is 0.727. The maximum absolute atomic E-state index is 11.5. The lowest BCUT2D eigenvalue weighted by Crippen LogP contribution is -2.27. The van der Waals surface area contributed by atoms with Crippen LogP contribution in [0.4, 0.5) is 0 Å². The van der Waals surface area contributed by atoms with Crippen molar-refractivity contribution >= 4 is 10.1 Å². The van der Waals surface area contributed by atoms with E-state index in [0.717, 1.165) is 37.0 Å². The Kier molecular flexibility index (Phi) is 11.7. The Labute approximate surface area is 166 Å². The number of unbranched alkanes of at least 4 members (excludes halogenated alkanes) is 6. The molecule has 1 rings (SSSR count). The summed E-state index contributed by atoms with van der Waals surface area (Å²) < 4.78 is 38.2. The van der Waals surface area contributed by atoms with Gasteiger partial charge in [0, 0.05) is 0 Å². The first-order valence-electron chi connectivity index (χ1n) is 10.6. The van der Waals surface area contributed by atoms with Crippen LogP contribution in [0, 0.1) is 0 Å². The van der Waals surface area contributed by atoms with E-state index >= 15 is 0 Å². The Morgan fingerprint density at radius 3 is 2.11 bits per heavy atom. The molecular formula is C22H38O4S. The SMILES string of the molecule is CCCCCCc1ccc(CCCCCC)c(OCC(CC)S(=O)(=O)O)c1. The van der Waals surface area contributed by atoms with E-state index in [0.29, 0.717) is 6.42 Å². The predicted octanol–water partition coefficient (Wildman–Crippen LogP) is 5.98. The van der Waals surface area contributed by atoms with Crippen molar-refractivity contribution < 1.29 is 17.7 Å². The van der Waals surface area contributed by atoms with Crippen molar-refractivity contribution in [2.75, 3.05) is 6.61 Å². The van der Waals surface area contributed by atoms with Gasteiger partial charge in [-0.3, -0.25) is 4.55 Å². The van der Waals surface area contributed by atoms with Gasteiger partial charge in [0.25, 0.3) is 10.1 Å². The molecule has 0 amide bonds. The summed E-state index contributed by atoms with van der Waals surface area (Å²) in [7, 11) is -4.08. The fourth-order valence-electron chi connectivity index (χ4n) is 3.19. The van der Waals surface area contributed by atoms with Gasteiger partial charge in [0.1, 0.15) is 17.6 Å². The maximum Gasteiger partial charge on any atom is 0.271 e. The molecule has 27 heavy (non-hydrogen) atoms. The molecule has 1 N–H and O–H groups in total. The average Bonchev–Trinajstić information content (AvgIpc) is 2.63. The minimum atomic E-state index is -4.08. The molecule has 0 radical (unpaired) electrons. The van der Waals surface area contributed by atoms with Crippen LogP contribution in [0.3, 0.4) is 0 Å². The number of hydrogen-bond donors (Lipinski definition) is 1. The van der Waals surface area contributed by atoms with Gasteiger partial charge in [-0.1, -0.05) is 71.4 Å². The van der Waals surface area contributed by atoms with Crippen molar-refractivity contribution in [3.05, 3.63) is 29.3 Å². The zero-order valence-corrected chi connectivity index (χ0v) is 18.2. The van der Waals surface area contributed by atoms with Crippen molar-refractivity contribution in [2.45, 2.75) is 96.7 Å². The highest BCUT2D eigenvalue weighted by atomic mass is 32.2. The molecule has 4 nitrogen and oxygen atoms in total. The molecular weight excluding hydrogens is 360 g/mol. The first-order chi connectivity index (χ1) is 12.9. The molecule has 1 aromatic carbocycles. The summed E-state index contributed by atoms with van der Waals surface area (Å²) in [6.45, 7) is 6.15. The van der Waals surface area contributed by atoms with Gasteiger partial charge < -0.3 is 4.74 Å². The van der Waals surface area contributed by atoms with Gasteiger partial charge in [-0.05, 0) is 49.3 Å². The first kappa shape index (κ1) is 24.0. The standard InChI is InChI=1S/C22H38O4S/c1-4-7-9-11-13-19-15-16-20(14-12-10-8-5-2)22(17-19)26-18-21(6-3)27(23,24)25/h15-17,21H,4-14,18H2,1-3H3,(H,23,24,25). The van der Waals surface area contributed by atoms with Crippen molar-refractivity contribution in [3.63, 3.8) is 0 Å². The second-order valence-electron chi connectivity index (χ2n) is 7.42. The van der Waals surface area contributed by atoms with Crippen LogP contribution in [-0.2, 0) is 23.0 Å². The summed E-state index contributed by atoms with van der Waals surface area (Å²) in [5, 5.41) is -0.876. The molecule has 1 unspecified atom stereocenters. The van der Waals surface area contributed by atoms with Gasteiger partial charge in [0.2, 0.25) is 0 Å². The van der Waals surface area contributed by atoms with Gasteiger partial charge in [-0.25, -0.2) is 0 Å². The van der Waals surface area contributed by atoms with Crippen LogP contribution in [0.2, 0.25) is 0 Å². The Balaban J connectivity index is 2.81. The van der Waals surface area contributed by atoms with Crippen LogP contribution in [0.15, 0.2) is 18.2 Å². The topological polar surface area (TPSA) is 63.6 Å². The minimum Gasteiger partial charge on any atom is -0.492 e. The van der Waals surface area contributed by atoms with Gasteiger partial charge >= 0.3 is 0 Å². The summed E-state index contributed by atoms with van der Waals surface area (Å²) >= 11 is 0. The predicted molar refractivity (Wildman–Crippen MR) is 113 cm³/mol. The number of benzene rings is 1. The number of aryl methyl sites for hydroxylation is 2. The first-order valence-corrected chi connectivity index (χ1v) is 12.1. The average molecular weight is 399 g/mol. The number of ether oxygens (including phenoxy) is 1. The van der Waals surface area contributed by atoms with E-state index in [4.69, 9.17) is 4.74 Å². The molecule has 0 aliphatic heterocycles. The summed E-state index contributed by atoms with van der Waals surface area (Å²) in [6, 6.07) is 6.37. The van der Waals surface area contributed by atoms with Crippen LogP contribution >= 0.6 is 0 Å². The Bertz CT molecular complexity index is 625. The van der Waals surface area contributed by atoms with Crippen LogP contribution in [0.25, 0.3) is 0 Å². The highest BCUT2D eigenvalue weighted by Gasteiger charge is 2.22. The van der Waals surface area contributed by atoms with E-state index in [1.54, 1.807) is 6.92 Å². The largest absolute Gasteiger partial charge is 0.492 e. The third kappa shape index (κ3) is 9.61. The van der Waals surface area contributed by atoms with Crippen molar-refractivity contribution in [1.29, 1.82) is 0 Å². The molecule has 156 valence electrons. The zero-order valence-electron chi connectivity index (χ0n) is 17.4. The Hall–Kier alpha value is -1.07. The van der Waals surface area contributed by atoms with E-state index in [-0.39, 0.29) is 6.61 Å². The number of rotatable bonds is 15. The molecule has 0 spiro atoms. The second kappa shape index (κ2) is 13.2. The van der Waals surface area contributed by atoms with E-state index in [9.17, 15) is 13.0 Å². The lowest BCUT2D eigenvalue weighted by Gasteiger charge is -2.17. The van der Waals surface area contributed by atoms with E-state index < -0.39 is 15.4 Å². The van der Waals surface area contributed by atoms with Crippen LogP contribution in [-0.4, -0.2) is 24.8 Å². The van der Waals surface area contributed by atoms with Crippen LogP contribution in [0.5, 0.6) is 5.75 Å². The monoisotopic (exact) mass is 398 g/mol. The lowest BCUT2D eigenvalue weighted by atomic mass is 10.0. The molecule has 1 atom stereocenters. The third-order valence-electron chi connectivity index (χ3n) is 5.05. The van der Waals surface area contributed by atoms with Crippen molar-refractivity contribution in [3.8, 4) is 5.75 Å². The molecule has 0 aromatic heterocycles. The van der Waals surface area contributed by atoms with Gasteiger partial charge in [-0.15, -0.1) is 0 Å². The summed E-state index contributed by atoms with van der Waals surface area (Å²) in [5.41, 5.74) is 2.37.